The fraction of sp³-hybridized carbons (Fsp3) is 0.389. The van der Waals surface area contributed by atoms with E-state index < -0.39 is 0 Å². The molecule has 0 unspecified atom stereocenters. The number of benzene rings is 1. The normalized spacial score (nSPS) is 17.3. The van der Waals surface area contributed by atoms with Crippen LogP contribution in [0.3, 0.4) is 0 Å². The van der Waals surface area contributed by atoms with Crippen molar-refractivity contribution in [3.8, 4) is 0 Å². The van der Waals surface area contributed by atoms with E-state index in [0.717, 1.165) is 17.9 Å². The number of aromatic nitrogens is 2. The minimum atomic E-state index is -0.0742. The van der Waals surface area contributed by atoms with Crippen molar-refractivity contribution in [2.45, 2.75) is 38.1 Å². The third-order valence-electron chi connectivity index (χ3n) is 4.71. The van der Waals surface area contributed by atoms with E-state index in [1.165, 1.54) is 31.2 Å². The van der Waals surface area contributed by atoms with E-state index in [4.69, 9.17) is 0 Å². The number of hydrogen-bond acceptors (Lipinski definition) is 4. The first-order chi connectivity index (χ1) is 11.3. The average molecular weight is 308 g/mol. The Labute approximate surface area is 135 Å². The van der Waals surface area contributed by atoms with E-state index >= 15 is 0 Å². The number of carbonyl (C=O) groups excluding carboxylic acids is 1. The molecule has 118 valence electrons. The molecule has 2 aromatic rings. The summed E-state index contributed by atoms with van der Waals surface area (Å²) in [6.07, 6.45) is 9.08. The summed E-state index contributed by atoms with van der Waals surface area (Å²) in [6, 6.07) is 8.53. The van der Waals surface area contributed by atoms with Crippen molar-refractivity contribution < 1.29 is 4.79 Å². The summed E-state index contributed by atoms with van der Waals surface area (Å²) in [4.78, 5) is 23.2. The Morgan fingerprint density at radius 3 is 2.74 bits per heavy atom. The molecule has 1 aliphatic carbocycles. The highest BCUT2D eigenvalue weighted by Crippen LogP contribution is 2.28. The van der Waals surface area contributed by atoms with Crippen LogP contribution in [0.4, 0.5) is 11.5 Å². The van der Waals surface area contributed by atoms with Crippen molar-refractivity contribution in [2.24, 2.45) is 0 Å². The number of nitrogens with one attached hydrogen (secondary N) is 1. The predicted octanol–water partition coefficient (Wildman–Crippen LogP) is 3.03. The van der Waals surface area contributed by atoms with Gasteiger partial charge in [-0.3, -0.25) is 4.79 Å². The zero-order chi connectivity index (χ0) is 15.6. The first kappa shape index (κ1) is 14.2. The summed E-state index contributed by atoms with van der Waals surface area (Å²) in [6.45, 7) is 0.710. The van der Waals surface area contributed by atoms with Crippen LogP contribution in [0.2, 0.25) is 0 Å². The maximum atomic E-state index is 12.7. The molecule has 0 saturated heterocycles. The molecule has 1 amide bonds. The Morgan fingerprint density at radius 2 is 1.96 bits per heavy atom. The van der Waals surface area contributed by atoms with E-state index in [-0.39, 0.29) is 5.91 Å². The highest BCUT2D eigenvalue weighted by atomic mass is 16.2. The van der Waals surface area contributed by atoms with E-state index in [0.29, 0.717) is 18.3 Å². The monoisotopic (exact) mass is 308 g/mol. The quantitative estimate of drug-likeness (QED) is 0.947. The van der Waals surface area contributed by atoms with Gasteiger partial charge in [0.05, 0.1) is 12.4 Å². The highest BCUT2D eigenvalue weighted by Gasteiger charge is 2.26. The molecule has 23 heavy (non-hydrogen) atoms. The van der Waals surface area contributed by atoms with Crippen molar-refractivity contribution in [1.29, 1.82) is 0 Å². The van der Waals surface area contributed by atoms with Crippen LogP contribution in [-0.2, 0) is 6.42 Å². The van der Waals surface area contributed by atoms with Crippen molar-refractivity contribution in [3.63, 3.8) is 0 Å². The van der Waals surface area contributed by atoms with E-state index in [2.05, 4.69) is 21.4 Å². The lowest BCUT2D eigenvalue weighted by atomic mass is 10.2. The van der Waals surface area contributed by atoms with Crippen LogP contribution in [0, 0.1) is 0 Å². The largest absolute Gasteiger partial charge is 0.366 e. The van der Waals surface area contributed by atoms with Crippen LogP contribution in [-0.4, -0.2) is 28.5 Å². The third-order valence-corrected chi connectivity index (χ3v) is 4.71. The van der Waals surface area contributed by atoms with Crippen molar-refractivity contribution >= 4 is 17.4 Å². The van der Waals surface area contributed by atoms with Gasteiger partial charge in [-0.15, -0.1) is 0 Å². The molecule has 1 fully saturated rings. The summed E-state index contributed by atoms with van der Waals surface area (Å²) in [5.41, 5.74) is 2.61. The SMILES string of the molecule is O=C(c1cnc(NC2CCCC2)cn1)N1CCc2ccccc21. The van der Waals surface area contributed by atoms with Gasteiger partial charge in [-0.25, -0.2) is 9.97 Å². The van der Waals surface area contributed by atoms with Gasteiger partial charge in [0.15, 0.2) is 0 Å². The summed E-state index contributed by atoms with van der Waals surface area (Å²) >= 11 is 0. The van der Waals surface area contributed by atoms with Gasteiger partial charge in [-0.05, 0) is 30.9 Å². The third kappa shape index (κ3) is 2.79. The molecule has 0 spiro atoms. The van der Waals surface area contributed by atoms with Crippen LogP contribution < -0.4 is 10.2 Å². The molecule has 1 aliphatic heterocycles. The second-order valence-electron chi connectivity index (χ2n) is 6.25. The first-order valence-electron chi connectivity index (χ1n) is 8.29. The van der Waals surface area contributed by atoms with Gasteiger partial charge in [0, 0.05) is 18.3 Å². The summed E-state index contributed by atoms with van der Waals surface area (Å²) in [7, 11) is 0. The molecule has 1 aromatic carbocycles. The lowest BCUT2D eigenvalue weighted by Crippen LogP contribution is -2.29. The van der Waals surface area contributed by atoms with Crippen LogP contribution in [0.25, 0.3) is 0 Å². The zero-order valence-electron chi connectivity index (χ0n) is 13.0. The second kappa shape index (κ2) is 5.99. The Bertz CT molecular complexity index is 707. The highest BCUT2D eigenvalue weighted by molar-refractivity contribution is 6.05. The molecule has 0 atom stereocenters. The average Bonchev–Trinajstić information content (AvgIpc) is 3.24. The number of fused-ring (bicyclic) bond motifs is 1. The van der Waals surface area contributed by atoms with Crippen LogP contribution in [0.15, 0.2) is 36.7 Å². The molecular weight excluding hydrogens is 288 g/mol. The number of carbonyl (C=O) groups is 1. The smallest absolute Gasteiger partial charge is 0.278 e. The molecule has 2 heterocycles. The maximum Gasteiger partial charge on any atom is 0.278 e. The van der Waals surface area contributed by atoms with Crippen molar-refractivity contribution in [1.82, 2.24) is 9.97 Å². The number of rotatable bonds is 3. The number of amides is 1. The Balaban J connectivity index is 1.49. The van der Waals surface area contributed by atoms with Gasteiger partial charge in [0.25, 0.3) is 5.91 Å². The molecule has 1 N–H and O–H groups in total. The number of hydrogen-bond donors (Lipinski definition) is 1. The molecule has 0 bridgehead atoms. The van der Waals surface area contributed by atoms with Gasteiger partial charge in [-0.1, -0.05) is 31.0 Å². The number of para-hydroxylation sites is 1. The molecular formula is C18H20N4O. The molecule has 1 aromatic heterocycles. The Morgan fingerprint density at radius 1 is 1.13 bits per heavy atom. The Hall–Kier alpha value is -2.43. The number of anilines is 2. The Kier molecular flexibility index (Phi) is 3.69. The van der Waals surface area contributed by atoms with Gasteiger partial charge in [0.1, 0.15) is 11.5 Å². The predicted molar refractivity (Wildman–Crippen MR) is 89.7 cm³/mol. The molecule has 5 heteroatoms. The molecule has 2 aliphatic rings. The fourth-order valence-electron chi connectivity index (χ4n) is 3.48. The van der Waals surface area contributed by atoms with Gasteiger partial charge in [-0.2, -0.15) is 0 Å². The molecule has 1 saturated carbocycles. The second-order valence-corrected chi connectivity index (χ2v) is 6.25. The van der Waals surface area contributed by atoms with E-state index in [1.54, 1.807) is 17.3 Å². The molecule has 5 nitrogen and oxygen atoms in total. The van der Waals surface area contributed by atoms with Crippen LogP contribution in [0.1, 0.15) is 41.7 Å². The minimum Gasteiger partial charge on any atom is -0.366 e. The molecule has 4 rings (SSSR count). The standard InChI is InChI=1S/C18H20N4O/c23-18(22-10-9-13-5-1-4-8-16(13)22)15-11-20-17(12-19-15)21-14-6-2-3-7-14/h1,4-5,8,11-12,14H,2-3,6-7,9-10H2,(H,20,21). The van der Waals surface area contributed by atoms with E-state index in [9.17, 15) is 4.79 Å². The topological polar surface area (TPSA) is 58.1 Å². The van der Waals surface area contributed by atoms with Crippen LogP contribution >= 0.6 is 0 Å². The minimum absolute atomic E-state index is 0.0742. The van der Waals surface area contributed by atoms with Crippen LogP contribution in [0.5, 0.6) is 0 Å². The van der Waals surface area contributed by atoms with Gasteiger partial charge >= 0.3 is 0 Å². The maximum absolute atomic E-state index is 12.7. The zero-order valence-corrected chi connectivity index (χ0v) is 13.0. The van der Waals surface area contributed by atoms with Crippen molar-refractivity contribution in [2.75, 3.05) is 16.8 Å². The van der Waals surface area contributed by atoms with E-state index in [1.807, 2.05) is 18.2 Å². The lowest BCUT2D eigenvalue weighted by molar-refractivity contribution is 0.0984. The van der Waals surface area contributed by atoms with Crippen molar-refractivity contribution in [3.05, 3.63) is 47.9 Å². The summed E-state index contributed by atoms with van der Waals surface area (Å²) in [5, 5.41) is 3.39. The fourth-order valence-corrected chi connectivity index (χ4v) is 3.48. The summed E-state index contributed by atoms with van der Waals surface area (Å²) in [5.74, 6) is 0.685. The molecule has 0 radical (unpaired) electrons. The first-order valence-corrected chi connectivity index (χ1v) is 8.29. The number of nitrogens with zero attached hydrogens (tertiary/aromatic N) is 3. The summed E-state index contributed by atoms with van der Waals surface area (Å²) < 4.78 is 0. The van der Waals surface area contributed by atoms with Gasteiger partial charge < -0.3 is 10.2 Å². The lowest BCUT2D eigenvalue weighted by Gasteiger charge is -2.17. The van der Waals surface area contributed by atoms with Gasteiger partial charge in [0.2, 0.25) is 0 Å².